The van der Waals surface area contributed by atoms with Crippen LogP contribution in [0.2, 0.25) is 5.02 Å². The average Bonchev–Trinajstić information content (AvgIpc) is 3.05. The molecule has 0 bridgehead atoms. The molecule has 2 nitrogen and oxygen atoms in total. The van der Waals surface area contributed by atoms with E-state index >= 15 is 0 Å². The molecule has 2 N–H and O–H groups in total. The maximum Gasteiger partial charge on any atom is 0.0642 e. The van der Waals surface area contributed by atoms with Crippen LogP contribution in [0.3, 0.4) is 0 Å². The summed E-state index contributed by atoms with van der Waals surface area (Å²) in [6, 6.07) is 6.91. The van der Waals surface area contributed by atoms with Crippen LogP contribution >= 0.6 is 11.6 Å². The fraction of sp³-hybridized carbons (Fsp3) is 0.538. The molecule has 0 spiro atoms. The van der Waals surface area contributed by atoms with Crippen molar-refractivity contribution >= 4 is 17.3 Å². The summed E-state index contributed by atoms with van der Waals surface area (Å²) in [5, 5.41) is 0.823. The molecule has 2 rings (SSSR count). The molecule has 0 amide bonds. The summed E-state index contributed by atoms with van der Waals surface area (Å²) < 4.78 is 0. The van der Waals surface area contributed by atoms with E-state index in [0.29, 0.717) is 6.04 Å². The molecule has 1 fully saturated rings. The monoisotopic (exact) mass is 238 g/mol. The zero-order valence-corrected chi connectivity index (χ0v) is 10.7. The van der Waals surface area contributed by atoms with Crippen LogP contribution in [-0.2, 0) is 0 Å². The van der Waals surface area contributed by atoms with E-state index in [1.807, 2.05) is 13.0 Å². The summed E-state index contributed by atoms with van der Waals surface area (Å²) in [5.41, 5.74) is 8.09. The van der Waals surface area contributed by atoms with Gasteiger partial charge in [-0.15, -0.1) is 0 Å². The molecular formula is C13H19ClN2. The number of rotatable bonds is 4. The highest BCUT2D eigenvalue weighted by atomic mass is 35.5. The summed E-state index contributed by atoms with van der Waals surface area (Å²) in [6.45, 7) is 5.17. The second-order valence-electron chi connectivity index (χ2n) is 4.52. The van der Waals surface area contributed by atoms with E-state index in [1.54, 1.807) is 0 Å². The van der Waals surface area contributed by atoms with Crippen LogP contribution in [0.25, 0.3) is 0 Å². The summed E-state index contributed by atoms with van der Waals surface area (Å²) in [5.74, 6) is 0. The molecular weight excluding hydrogens is 220 g/mol. The number of hydrogen-bond acceptors (Lipinski definition) is 2. The molecule has 16 heavy (non-hydrogen) atoms. The lowest BCUT2D eigenvalue weighted by molar-refractivity contribution is 0.809. The summed E-state index contributed by atoms with van der Waals surface area (Å²) >= 11 is 6.32. The third-order valence-corrected chi connectivity index (χ3v) is 3.44. The van der Waals surface area contributed by atoms with E-state index in [2.05, 4.69) is 24.0 Å². The molecule has 88 valence electrons. The fourth-order valence-corrected chi connectivity index (χ4v) is 2.35. The quantitative estimate of drug-likeness (QED) is 0.872. The molecule has 1 atom stereocenters. The molecule has 1 saturated carbocycles. The van der Waals surface area contributed by atoms with Crippen molar-refractivity contribution in [2.75, 3.05) is 11.4 Å². The van der Waals surface area contributed by atoms with Crippen LogP contribution in [0.5, 0.6) is 0 Å². The molecule has 0 aromatic heterocycles. The van der Waals surface area contributed by atoms with Crippen molar-refractivity contribution in [1.82, 2.24) is 0 Å². The smallest absolute Gasteiger partial charge is 0.0642 e. The number of nitrogens with two attached hydrogens (primary N) is 1. The highest BCUT2D eigenvalue weighted by Crippen LogP contribution is 2.36. The maximum absolute atomic E-state index is 6.32. The fourth-order valence-electron chi connectivity index (χ4n) is 2.05. The molecule has 0 heterocycles. The molecule has 1 aromatic rings. The van der Waals surface area contributed by atoms with E-state index in [9.17, 15) is 0 Å². The van der Waals surface area contributed by atoms with Gasteiger partial charge in [0.15, 0.2) is 0 Å². The lowest BCUT2D eigenvalue weighted by Crippen LogP contribution is -2.25. The Morgan fingerprint density at radius 2 is 2.19 bits per heavy atom. The molecule has 0 saturated heterocycles. The second kappa shape index (κ2) is 4.64. The first-order valence-electron chi connectivity index (χ1n) is 5.95. The number of hydrogen-bond donors (Lipinski definition) is 1. The Kier molecular flexibility index (Phi) is 3.41. The zero-order chi connectivity index (χ0) is 11.7. The highest BCUT2D eigenvalue weighted by Gasteiger charge is 2.29. The Labute approximate surface area is 102 Å². The van der Waals surface area contributed by atoms with Crippen LogP contribution in [0.4, 0.5) is 5.69 Å². The Morgan fingerprint density at radius 3 is 2.62 bits per heavy atom. The SMILES string of the molecule is CCN(c1ccc([C@@H](C)N)cc1Cl)C1CC1. The third-order valence-electron chi connectivity index (χ3n) is 3.14. The number of halogens is 1. The van der Waals surface area contributed by atoms with Crippen molar-refractivity contribution in [2.24, 2.45) is 5.73 Å². The summed E-state index contributed by atoms with van der Waals surface area (Å²) in [7, 11) is 0. The first-order valence-corrected chi connectivity index (χ1v) is 6.33. The van der Waals surface area contributed by atoms with Crippen molar-refractivity contribution in [3.8, 4) is 0 Å². The zero-order valence-electron chi connectivity index (χ0n) is 9.91. The van der Waals surface area contributed by atoms with Gasteiger partial charge in [0.1, 0.15) is 0 Å². The van der Waals surface area contributed by atoms with Crippen LogP contribution in [-0.4, -0.2) is 12.6 Å². The van der Waals surface area contributed by atoms with Gasteiger partial charge in [-0.3, -0.25) is 0 Å². The van der Waals surface area contributed by atoms with Crippen LogP contribution in [0.1, 0.15) is 38.3 Å². The lowest BCUT2D eigenvalue weighted by atomic mass is 10.1. The number of anilines is 1. The van der Waals surface area contributed by atoms with Gasteiger partial charge in [0, 0.05) is 18.6 Å². The number of nitrogens with zero attached hydrogens (tertiary/aromatic N) is 1. The van der Waals surface area contributed by atoms with Gasteiger partial charge in [-0.1, -0.05) is 17.7 Å². The Hall–Kier alpha value is -0.730. The molecule has 0 unspecified atom stereocenters. The minimum absolute atomic E-state index is 0.0440. The Balaban J connectivity index is 2.27. The first kappa shape index (κ1) is 11.7. The van der Waals surface area contributed by atoms with Gasteiger partial charge in [0.2, 0.25) is 0 Å². The molecule has 0 aliphatic heterocycles. The maximum atomic E-state index is 6.32. The standard InChI is InChI=1S/C13H19ClN2/c1-3-16(11-5-6-11)13-7-4-10(9(2)15)8-12(13)14/h4,7-9,11H,3,5-6,15H2,1-2H3/t9-/m1/s1. The van der Waals surface area contributed by atoms with Crippen LogP contribution in [0, 0.1) is 0 Å². The van der Waals surface area contributed by atoms with E-state index in [-0.39, 0.29) is 6.04 Å². The van der Waals surface area contributed by atoms with E-state index in [1.165, 1.54) is 12.8 Å². The molecule has 1 aliphatic rings. The van der Waals surface area contributed by atoms with Gasteiger partial charge < -0.3 is 10.6 Å². The van der Waals surface area contributed by atoms with Crippen molar-refractivity contribution < 1.29 is 0 Å². The minimum atomic E-state index is 0.0440. The van der Waals surface area contributed by atoms with Gasteiger partial charge >= 0.3 is 0 Å². The van der Waals surface area contributed by atoms with Gasteiger partial charge in [-0.25, -0.2) is 0 Å². The van der Waals surface area contributed by atoms with Gasteiger partial charge in [-0.05, 0) is 44.4 Å². The Bertz CT molecular complexity index is 372. The van der Waals surface area contributed by atoms with E-state index in [0.717, 1.165) is 22.8 Å². The lowest BCUT2D eigenvalue weighted by Gasteiger charge is -2.24. The average molecular weight is 239 g/mol. The summed E-state index contributed by atoms with van der Waals surface area (Å²) in [4.78, 5) is 2.38. The second-order valence-corrected chi connectivity index (χ2v) is 4.92. The van der Waals surface area contributed by atoms with Crippen molar-refractivity contribution in [3.63, 3.8) is 0 Å². The first-order chi connectivity index (χ1) is 7.63. The largest absolute Gasteiger partial charge is 0.368 e. The predicted octanol–water partition coefficient (Wildman–Crippen LogP) is 3.35. The summed E-state index contributed by atoms with van der Waals surface area (Å²) in [6.07, 6.45) is 2.58. The highest BCUT2D eigenvalue weighted by molar-refractivity contribution is 6.33. The van der Waals surface area contributed by atoms with Gasteiger partial charge in [-0.2, -0.15) is 0 Å². The minimum Gasteiger partial charge on any atom is -0.368 e. The van der Waals surface area contributed by atoms with Crippen molar-refractivity contribution in [3.05, 3.63) is 28.8 Å². The normalized spacial score (nSPS) is 17.2. The van der Waals surface area contributed by atoms with Crippen molar-refractivity contribution in [2.45, 2.75) is 38.8 Å². The predicted molar refractivity (Wildman–Crippen MR) is 70.1 cm³/mol. The van der Waals surface area contributed by atoms with Crippen LogP contribution < -0.4 is 10.6 Å². The topological polar surface area (TPSA) is 29.3 Å². The van der Waals surface area contributed by atoms with E-state index in [4.69, 9.17) is 17.3 Å². The Morgan fingerprint density at radius 1 is 1.50 bits per heavy atom. The molecule has 1 aliphatic carbocycles. The molecule has 3 heteroatoms. The molecule has 0 radical (unpaired) electrons. The van der Waals surface area contributed by atoms with Crippen molar-refractivity contribution in [1.29, 1.82) is 0 Å². The third kappa shape index (κ3) is 2.33. The number of benzene rings is 1. The van der Waals surface area contributed by atoms with Gasteiger partial charge in [0.25, 0.3) is 0 Å². The molecule has 1 aromatic carbocycles. The van der Waals surface area contributed by atoms with E-state index < -0.39 is 0 Å². The van der Waals surface area contributed by atoms with Crippen LogP contribution in [0.15, 0.2) is 18.2 Å². The van der Waals surface area contributed by atoms with Gasteiger partial charge in [0.05, 0.1) is 10.7 Å².